The molecule has 116 valence electrons. The number of nitrogens with one attached hydrogen (secondary N) is 1. The molecule has 1 aromatic rings. The summed E-state index contributed by atoms with van der Waals surface area (Å²) >= 11 is 0. The lowest BCUT2D eigenvalue weighted by Crippen LogP contribution is -2.42. The molecule has 2 heterocycles. The number of aromatic nitrogens is 2. The minimum atomic E-state index is -0.369. The van der Waals surface area contributed by atoms with E-state index in [0.29, 0.717) is 29.9 Å². The molecule has 1 aliphatic heterocycles. The Balaban J connectivity index is 2.50. The van der Waals surface area contributed by atoms with E-state index < -0.39 is 0 Å². The van der Waals surface area contributed by atoms with E-state index in [1.165, 1.54) is 0 Å². The number of aryl methyl sites for hydroxylation is 1. The van der Waals surface area contributed by atoms with Crippen LogP contribution in [-0.2, 0) is 0 Å². The summed E-state index contributed by atoms with van der Waals surface area (Å²) in [5.41, 5.74) is 0.434. The molecule has 7 nitrogen and oxygen atoms in total. The average molecular weight is 293 g/mol. The maximum absolute atomic E-state index is 11.4. The molecule has 0 aromatic carbocycles. The second-order valence-electron chi connectivity index (χ2n) is 5.78. The molecular formula is C14H23N5O2. The van der Waals surface area contributed by atoms with Gasteiger partial charge in [-0.05, 0) is 39.5 Å². The summed E-state index contributed by atoms with van der Waals surface area (Å²) in [5, 5.41) is 14.5. The van der Waals surface area contributed by atoms with E-state index in [9.17, 15) is 10.1 Å². The summed E-state index contributed by atoms with van der Waals surface area (Å²) in [4.78, 5) is 21.7. The van der Waals surface area contributed by atoms with Gasteiger partial charge in [-0.1, -0.05) is 6.92 Å². The van der Waals surface area contributed by atoms with Gasteiger partial charge in [0.15, 0.2) is 0 Å². The van der Waals surface area contributed by atoms with E-state index >= 15 is 0 Å². The van der Waals surface area contributed by atoms with Gasteiger partial charge in [0.05, 0.1) is 4.92 Å². The zero-order valence-corrected chi connectivity index (χ0v) is 13.1. The van der Waals surface area contributed by atoms with Gasteiger partial charge in [-0.3, -0.25) is 10.1 Å². The number of hydrogen-bond acceptors (Lipinski definition) is 6. The number of nitro groups is 1. The summed E-state index contributed by atoms with van der Waals surface area (Å²) in [7, 11) is 0. The minimum Gasteiger partial charge on any atom is -0.354 e. The minimum absolute atomic E-state index is 0.0256. The fourth-order valence-corrected chi connectivity index (χ4v) is 2.79. The molecule has 1 N–H and O–H groups in total. The van der Waals surface area contributed by atoms with Gasteiger partial charge in [0.2, 0.25) is 11.8 Å². The summed E-state index contributed by atoms with van der Waals surface area (Å²) < 4.78 is 0. The summed E-state index contributed by atoms with van der Waals surface area (Å²) in [6.07, 6.45) is 2.17. The molecule has 1 aliphatic rings. The predicted octanol–water partition coefficient (Wildman–Crippen LogP) is 2.75. The van der Waals surface area contributed by atoms with Crippen LogP contribution in [0.2, 0.25) is 0 Å². The molecule has 0 spiro atoms. The Morgan fingerprint density at radius 2 is 2.10 bits per heavy atom. The van der Waals surface area contributed by atoms with E-state index in [2.05, 4.69) is 34.0 Å². The van der Waals surface area contributed by atoms with E-state index in [4.69, 9.17) is 0 Å². The van der Waals surface area contributed by atoms with Crippen molar-refractivity contribution in [3.8, 4) is 0 Å². The monoisotopic (exact) mass is 293 g/mol. The molecule has 0 saturated carbocycles. The Hall–Kier alpha value is -1.92. The third-order valence-corrected chi connectivity index (χ3v) is 3.95. The normalized spacial score (nSPS) is 22.2. The Morgan fingerprint density at radius 1 is 1.38 bits per heavy atom. The fourth-order valence-electron chi connectivity index (χ4n) is 2.79. The van der Waals surface area contributed by atoms with Crippen molar-refractivity contribution in [2.45, 2.75) is 46.6 Å². The van der Waals surface area contributed by atoms with Gasteiger partial charge in [-0.25, -0.2) is 4.98 Å². The van der Waals surface area contributed by atoms with Crippen molar-refractivity contribution in [1.82, 2.24) is 9.97 Å². The molecule has 1 aromatic heterocycles. The third kappa shape index (κ3) is 3.22. The molecular weight excluding hydrogens is 270 g/mol. The molecule has 2 rings (SSSR count). The van der Waals surface area contributed by atoms with Gasteiger partial charge in [0.1, 0.15) is 5.69 Å². The lowest BCUT2D eigenvalue weighted by Gasteiger charge is -2.37. The van der Waals surface area contributed by atoms with Crippen molar-refractivity contribution in [3.63, 3.8) is 0 Å². The van der Waals surface area contributed by atoms with Crippen LogP contribution in [0.4, 0.5) is 17.5 Å². The first-order valence-corrected chi connectivity index (χ1v) is 7.47. The van der Waals surface area contributed by atoms with Crippen LogP contribution >= 0.6 is 0 Å². The topological polar surface area (TPSA) is 84.2 Å². The van der Waals surface area contributed by atoms with Crippen molar-refractivity contribution < 1.29 is 4.92 Å². The zero-order valence-electron chi connectivity index (χ0n) is 13.1. The van der Waals surface area contributed by atoms with Crippen molar-refractivity contribution in [2.75, 3.05) is 23.3 Å². The Morgan fingerprint density at radius 3 is 2.71 bits per heavy atom. The summed E-state index contributed by atoms with van der Waals surface area (Å²) in [6, 6.07) is 0.253. The lowest BCUT2D eigenvalue weighted by atomic mass is 9.95. The van der Waals surface area contributed by atoms with Crippen molar-refractivity contribution in [1.29, 1.82) is 0 Å². The average Bonchev–Trinajstić information content (AvgIpc) is 2.40. The highest BCUT2D eigenvalue weighted by atomic mass is 16.6. The SMILES string of the molecule is CCNc1nc(C)c([N+](=O)[O-])c(N2CC(C)CCC2C)n1. The van der Waals surface area contributed by atoms with Crippen LogP contribution in [0, 0.1) is 23.0 Å². The van der Waals surface area contributed by atoms with Crippen molar-refractivity contribution in [2.24, 2.45) is 5.92 Å². The van der Waals surface area contributed by atoms with Gasteiger partial charge in [0, 0.05) is 19.1 Å². The standard InChI is InChI=1S/C14H23N5O2/c1-5-15-14-16-11(4)12(19(20)21)13(17-14)18-8-9(2)6-7-10(18)3/h9-10H,5-8H2,1-4H3,(H,15,16,17). The smallest absolute Gasteiger partial charge is 0.332 e. The van der Waals surface area contributed by atoms with Gasteiger partial charge in [0.25, 0.3) is 0 Å². The zero-order chi connectivity index (χ0) is 15.6. The lowest BCUT2D eigenvalue weighted by molar-refractivity contribution is -0.385. The van der Waals surface area contributed by atoms with Crippen LogP contribution in [0.15, 0.2) is 0 Å². The van der Waals surface area contributed by atoms with Gasteiger partial charge in [-0.2, -0.15) is 4.98 Å². The van der Waals surface area contributed by atoms with Crippen molar-refractivity contribution >= 4 is 17.5 Å². The van der Waals surface area contributed by atoms with Crippen LogP contribution in [0.25, 0.3) is 0 Å². The molecule has 0 bridgehead atoms. The molecule has 1 saturated heterocycles. The van der Waals surface area contributed by atoms with E-state index in [-0.39, 0.29) is 16.7 Å². The number of rotatable bonds is 4. The molecule has 21 heavy (non-hydrogen) atoms. The quantitative estimate of drug-likeness (QED) is 0.678. The van der Waals surface area contributed by atoms with Crippen LogP contribution in [0.3, 0.4) is 0 Å². The maximum Gasteiger partial charge on any atom is 0.332 e. The first kappa shape index (κ1) is 15.5. The first-order valence-electron chi connectivity index (χ1n) is 7.47. The number of nitrogens with zero attached hydrogens (tertiary/aromatic N) is 4. The molecule has 0 radical (unpaired) electrons. The first-order chi connectivity index (χ1) is 9.93. The molecule has 2 unspecified atom stereocenters. The van der Waals surface area contributed by atoms with Crippen LogP contribution in [0.5, 0.6) is 0 Å². The van der Waals surface area contributed by atoms with Crippen LogP contribution < -0.4 is 10.2 Å². The second-order valence-corrected chi connectivity index (χ2v) is 5.78. The van der Waals surface area contributed by atoms with Gasteiger partial charge >= 0.3 is 5.69 Å². The largest absolute Gasteiger partial charge is 0.354 e. The van der Waals surface area contributed by atoms with Gasteiger partial charge in [-0.15, -0.1) is 0 Å². The van der Waals surface area contributed by atoms with Crippen LogP contribution in [-0.4, -0.2) is 34.0 Å². The Bertz CT molecular complexity index is 534. The molecule has 7 heteroatoms. The highest BCUT2D eigenvalue weighted by Crippen LogP contribution is 2.34. The third-order valence-electron chi connectivity index (χ3n) is 3.95. The summed E-state index contributed by atoms with van der Waals surface area (Å²) in [5.74, 6) is 1.42. The Kier molecular flexibility index (Phi) is 4.59. The highest BCUT2D eigenvalue weighted by Gasteiger charge is 2.32. The Labute approximate surface area is 124 Å². The molecule has 1 fully saturated rings. The highest BCUT2D eigenvalue weighted by molar-refractivity contribution is 5.63. The summed E-state index contributed by atoms with van der Waals surface area (Å²) in [6.45, 7) is 9.37. The van der Waals surface area contributed by atoms with Crippen LogP contribution in [0.1, 0.15) is 39.3 Å². The van der Waals surface area contributed by atoms with E-state index in [0.717, 1.165) is 19.4 Å². The van der Waals surface area contributed by atoms with E-state index in [1.807, 2.05) is 6.92 Å². The predicted molar refractivity (Wildman–Crippen MR) is 82.8 cm³/mol. The maximum atomic E-state index is 11.4. The number of anilines is 2. The fraction of sp³-hybridized carbons (Fsp3) is 0.714. The number of hydrogen-bond donors (Lipinski definition) is 1. The molecule has 0 aliphatic carbocycles. The molecule has 2 atom stereocenters. The van der Waals surface area contributed by atoms with E-state index in [1.54, 1.807) is 6.92 Å². The second kappa shape index (κ2) is 6.24. The van der Waals surface area contributed by atoms with Gasteiger partial charge < -0.3 is 10.2 Å². The van der Waals surface area contributed by atoms with Crippen molar-refractivity contribution in [3.05, 3.63) is 15.8 Å². The molecule has 0 amide bonds. The number of piperidine rings is 1.